The van der Waals surface area contributed by atoms with Gasteiger partial charge < -0.3 is 20.4 Å². The van der Waals surface area contributed by atoms with Gasteiger partial charge in [-0.2, -0.15) is 0 Å². The van der Waals surface area contributed by atoms with Gasteiger partial charge in [-0.1, -0.05) is 23.7 Å². The van der Waals surface area contributed by atoms with Crippen molar-refractivity contribution in [1.29, 1.82) is 0 Å². The summed E-state index contributed by atoms with van der Waals surface area (Å²) >= 11 is 5.94. The van der Waals surface area contributed by atoms with Gasteiger partial charge in [-0.3, -0.25) is 14.4 Å². The van der Waals surface area contributed by atoms with Crippen LogP contribution in [0.3, 0.4) is 0 Å². The zero-order valence-corrected chi connectivity index (χ0v) is 17.8. The zero-order chi connectivity index (χ0) is 23.1. The van der Waals surface area contributed by atoms with Crippen LogP contribution in [0.15, 0.2) is 48.8 Å². The number of rotatable bonds is 9. The van der Waals surface area contributed by atoms with Crippen molar-refractivity contribution in [2.45, 2.75) is 6.42 Å². The summed E-state index contributed by atoms with van der Waals surface area (Å²) in [5, 5.41) is 5.33. The number of ketones is 1. The molecule has 0 radical (unpaired) electrons. The first-order valence-corrected chi connectivity index (χ1v) is 9.96. The molecule has 2 amide bonds. The molecular formula is C22H20ClFN4O4. The zero-order valence-electron chi connectivity index (χ0n) is 17.1. The number of ether oxygens (including phenoxy) is 1. The fraction of sp³-hybridized carbons (Fsp3) is 0.182. The van der Waals surface area contributed by atoms with Crippen LogP contribution in [0, 0.1) is 5.82 Å². The maximum Gasteiger partial charge on any atom is 0.276 e. The number of amides is 2. The highest BCUT2D eigenvalue weighted by Gasteiger charge is 2.20. The Kier molecular flexibility index (Phi) is 7.69. The van der Waals surface area contributed by atoms with Crippen LogP contribution in [0.25, 0.3) is 0 Å². The molecule has 0 aliphatic heterocycles. The van der Waals surface area contributed by atoms with E-state index in [1.165, 1.54) is 25.6 Å². The second kappa shape index (κ2) is 10.7. The van der Waals surface area contributed by atoms with Crippen molar-refractivity contribution in [3.63, 3.8) is 0 Å². The van der Waals surface area contributed by atoms with Gasteiger partial charge in [0, 0.05) is 31.3 Å². The largest absolute Gasteiger partial charge is 0.383 e. The van der Waals surface area contributed by atoms with E-state index < -0.39 is 17.6 Å². The summed E-state index contributed by atoms with van der Waals surface area (Å²) in [6.07, 6.45) is 1.32. The van der Waals surface area contributed by atoms with E-state index in [1.807, 2.05) is 0 Å². The molecule has 0 saturated carbocycles. The highest BCUT2D eigenvalue weighted by atomic mass is 35.5. The summed E-state index contributed by atoms with van der Waals surface area (Å²) in [5.74, 6) is -1.81. The Morgan fingerprint density at radius 2 is 1.88 bits per heavy atom. The van der Waals surface area contributed by atoms with Crippen LogP contribution in [-0.2, 0) is 11.2 Å². The van der Waals surface area contributed by atoms with E-state index in [4.69, 9.17) is 16.3 Å². The number of hydrogen-bond donors (Lipinski definition) is 3. The summed E-state index contributed by atoms with van der Waals surface area (Å²) in [7, 11) is 1.51. The van der Waals surface area contributed by atoms with Crippen molar-refractivity contribution < 1.29 is 23.5 Å². The highest BCUT2D eigenvalue weighted by Crippen LogP contribution is 2.20. The Bertz CT molecular complexity index is 1130. The van der Waals surface area contributed by atoms with Gasteiger partial charge >= 0.3 is 0 Å². The highest BCUT2D eigenvalue weighted by molar-refractivity contribution is 6.34. The molecule has 0 atom stereocenters. The van der Waals surface area contributed by atoms with Crippen LogP contribution >= 0.6 is 11.6 Å². The van der Waals surface area contributed by atoms with E-state index >= 15 is 0 Å². The molecule has 0 bridgehead atoms. The van der Waals surface area contributed by atoms with Crippen molar-refractivity contribution in [3.8, 4) is 0 Å². The Morgan fingerprint density at radius 3 is 2.56 bits per heavy atom. The summed E-state index contributed by atoms with van der Waals surface area (Å²) in [5.41, 5.74) is 1.37. The molecule has 0 aliphatic rings. The molecule has 0 aliphatic carbocycles. The summed E-state index contributed by atoms with van der Waals surface area (Å²) in [4.78, 5) is 43.7. The molecule has 32 heavy (non-hydrogen) atoms. The first kappa shape index (κ1) is 23.1. The van der Waals surface area contributed by atoms with E-state index in [-0.39, 0.29) is 34.2 Å². The third kappa shape index (κ3) is 5.77. The van der Waals surface area contributed by atoms with Crippen molar-refractivity contribution in [2.24, 2.45) is 0 Å². The van der Waals surface area contributed by atoms with Crippen molar-refractivity contribution in [3.05, 3.63) is 82.1 Å². The standard InChI is InChI=1S/C22H20ClFN4O4/c1-32-9-8-25-21(30)19-20(27-12-26-19)22(31)28-15-5-2-13(3-6-15)10-18(29)16-7-4-14(24)11-17(16)23/h2-7,11-12H,8-10H2,1H3,(H,25,30)(H,26,27)(H,28,31). The minimum atomic E-state index is -0.565. The normalized spacial score (nSPS) is 10.6. The second-order valence-electron chi connectivity index (χ2n) is 6.75. The number of carbonyl (C=O) groups is 3. The summed E-state index contributed by atoms with van der Waals surface area (Å²) in [6.45, 7) is 0.627. The van der Waals surface area contributed by atoms with Gasteiger partial charge in [0.2, 0.25) is 0 Å². The number of carbonyl (C=O) groups excluding carboxylic acids is 3. The number of hydrogen-bond acceptors (Lipinski definition) is 5. The van der Waals surface area contributed by atoms with Gasteiger partial charge in [0.25, 0.3) is 11.8 Å². The van der Waals surface area contributed by atoms with E-state index in [0.29, 0.717) is 24.4 Å². The lowest BCUT2D eigenvalue weighted by atomic mass is 10.0. The van der Waals surface area contributed by atoms with Crippen LogP contribution in [0.1, 0.15) is 36.9 Å². The average molecular weight is 459 g/mol. The topological polar surface area (TPSA) is 113 Å². The van der Waals surface area contributed by atoms with Crippen molar-refractivity contribution in [2.75, 3.05) is 25.6 Å². The van der Waals surface area contributed by atoms with Crippen LogP contribution in [0.2, 0.25) is 5.02 Å². The SMILES string of the molecule is COCCNC(=O)c1[nH]cnc1C(=O)Nc1ccc(CC(=O)c2ccc(F)cc2Cl)cc1. The number of halogens is 2. The van der Waals surface area contributed by atoms with Crippen LogP contribution in [0.4, 0.5) is 10.1 Å². The van der Waals surface area contributed by atoms with Crippen LogP contribution in [0.5, 0.6) is 0 Å². The Morgan fingerprint density at radius 1 is 1.12 bits per heavy atom. The quantitative estimate of drug-likeness (QED) is 0.336. The Balaban J connectivity index is 1.62. The molecule has 1 heterocycles. The molecule has 3 N–H and O–H groups in total. The fourth-order valence-electron chi connectivity index (χ4n) is 2.89. The summed E-state index contributed by atoms with van der Waals surface area (Å²) < 4.78 is 18.0. The summed E-state index contributed by atoms with van der Waals surface area (Å²) in [6, 6.07) is 10.2. The van der Waals surface area contributed by atoms with E-state index in [1.54, 1.807) is 24.3 Å². The first-order valence-electron chi connectivity index (χ1n) is 9.58. The number of nitrogens with one attached hydrogen (secondary N) is 3. The number of H-pyrrole nitrogens is 1. The maximum atomic E-state index is 13.2. The van der Waals surface area contributed by atoms with E-state index in [0.717, 1.165) is 6.07 Å². The number of imidazole rings is 1. The van der Waals surface area contributed by atoms with Gasteiger partial charge in [0.05, 0.1) is 18.0 Å². The van der Waals surface area contributed by atoms with Gasteiger partial charge in [0.15, 0.2) is 11.5 Å². The minimum Gasteiger partial charge on any atom is -0.383 e. The molecule has 0 unspecified atom stereocenters. The van der Waals surface area contributed by atoms with E-state index in [9.17, 15) is 18.8 Å². The van der Waals surface area contributed by atoms with Crippen molar-refractivity contribution >= 4 is 34.9 Å². The van der Waals surface area contributed by atoms with E-state index in [2.05, 4.69) is 20.6 Å². The molecule has 3 rings (SSSR count). The lowest BCUT2D eigenvalue weighted by molar-refractivity contribution is 0.0921. The minimum absolute atomic E-state index is 0.0389. The third-order valence-electron chi connectivity index (χ3n) is 4.48. The Labute approximate surface area is 188 Å². The van der Waals surface area contributed by atoms with Crippen LogP contribution < -0.4 is 10.6 Å². The molecule has 2 aromatic carbocycles. The number of anilines is 1. The molecular weight excluding hydrogens is 439 g/mol. The number of Topliss-reactive ketones (excluding diaryl/α,β-unsaturated/α-hetero) is 1. The van der Waals surface area contributed by atoms with Gasteiger partial charge in [0.1, 0.15) is 11.5 Å². The lowest BCUT2D eigenvalue weighted by Crippen LogP contribution is -2.29. The second-order valence-corrected chi connectivity index (χ2v) is 7.16. The van der Waals surface area contributed by atoms with Gasteiger partial charge in [-0.15, -0.1) is 0 Å². The van der Waals surface area contributed by atoms with Gasteiger partial charge in [-0.25, -0.2) is 9.37 Å². The first-order chi connectivity index (χ1) is 15.4. The van der Waals surface area contributed by atoms with Crippen LogP contribution in [-0.4, -0.2) is 47.8 Å². The molecule has 8 nitrogen and oxygen atoms in total. The molecule has 10 heteroatoms. The fourth-order valence-corrected chi connectivity index (χ4v) is 3.16. The smallest absolute Gasteiger partial charge is 0.276 e. The number of aromatic nitrogens is 2. The number of nitrogens with zero attached hydrogens (tertiary/aromatic N) is 1. The van der Waals surface area contributed by atoms with Crippen molar-refractivity contribution in [1.82, 2.24) is 15.3 Å². The molecule has 166 valence electrons. The van der Waals surface area contributed by atoms with Gasteiger partial charge in [-0.05, 0) is 35.9 Å². The number of aromatic amines is 1. The monoisotopic (exact) mass is 458 g/mol. The maximum absolute atomic E-state index is 13.2. The molecule has 0 fully saturated rings. The molecule has 3 aromatic rings. The predicted molar refractivity (Wildman–Crippen MR) is 117 cm³/mol. The molecule has 0 spiro atoms. The molecule has 1 aromatic heterocycles. The third-order valence-corrected chi connectivity index (χ3v) is 4.79. The predicted octanol–water partition coefficient (Wildman–Crippen LogP) is 3.26. The number of benzene rings is 2. The average Bonchev–Trinajstić information content (AvgIpc) is 3.25. The Hall–Kier alpha value is -3.56. The number of methoxy groups -OCH3 is 1. The lowest BCUT2D eigenvalue weighted by Gasteiger charge is -2.08. The molecule has 0 saturated heterocycles.